The zero-order chi connectivity index (χ0) is 11.5. The van der Waals surface area contributed by atoms with E-state index in [1.54, 1.807) is 0 Å². The predicted molar refractivity (Wildman–Crippen MR) is 64.9 cm³/mol. The highest BCUT2D eigenvalue weighted by molar-refractivity contribution is 4.79. The van der Waals surface area contributed by atoms with Gasteiger partial charge in [-0.25, -0.2) is 0 Å². The Bertz CT molecular complexity index is 183. The number of β-amino-alcohol motifs (C(OH)–C–C–N with tert-alkyl or cyclic N) is 1. The summed E-state index contributed by atoms with van der Waals surface area (Å²) < 4.78 is 0. The highest BCUT2D eigenvalue weighted by Crippen LogP contribution is 2.34. The van der Waals surface area contributed by atoms with Gasteiger partial charge >= 0.3 is 0 Å². The Balaban J connectivity index is 2.42. The second-order valence-corrected chi connectivity index (χ2v) is 6.14. The number of hydrogen-bond acceptors (Lipinski definition) is 2. The van der Waals surface area contributed by atoms with E-state index in [9.17, 15) is 5.11 Å². The number of rotatable bonds is 2. The Kier molecular flexibility index (Phi) is 4.60. The number of aliphatic hydroxyl groups is 1. The number of nitrogens with zero attached hydrogens (tertiary/aromatic N) is 1. The van der Waals surface area contributed by atoms with Gasteiger partial charge in [0.2, 0.25) is 0 Å². The maximum Gasteiger partial charge on any atom is 0.0639 e. The molecular weight excluding hydrogens is 186 g/mol. The molecule has 0 saturated carbocycles. The van der Waals surface area contributed by atoms with Crippen molar-refractivity contribution in [3.8, 4) is 0 Å². The van der Waals surface area contributed by atoms with Crippen LogP contribution in [0, 0.1) is 11.3 Å². The molecule has 0 spiro atoms. The van der Waals surface area contributed by atoms with Crippen LogP contribution in [-0.4, -0.2) is 35.7 Å². The smallest absolute Gasteiger partial charge is 0.0639 e. The van der Waals surface area contributed by atoms with E-state index < -0.39 is 0 Å². The molecule has 0 aliphatic carbocycles. The average molecular weight is 213 g/mol. The molecule has 0 bridgehead atoms. The third kappa shape index (κ3) is 4.52. The standard InChI is InChI=1S/C13H27NO/c1-11(15)10-14-8-5-6-12(7-9-14)13(2,3)4/h11-12,15H,5-10H2,1-4H3. The summed E-state index contributed by atoms with van der Waals surface area (Å²) in [7, 11) is 0. The van der Waals surface area contributed by atoms with Crippen LogP contribution < -0.4 is 0 Å². The summed E-state index contributed by atoms with van der Waals surface area (Å²) >= 11 is 0. The van der Waals surface area contributed by atoms with E-state index in [2.05, 4.69) is 25.7 Å². The van der Waals surface area contributed by atoms with Crippen LogP contribution in [0.5, 0.6) is 0 Å². The number of aliphatic hydroxyl groups excluding tert-OH is 1. The predicted octanol–water partition coefficient (Wildman–Crippen LogP) is 2.52. The molecule has 2 atom stereocenters. The molecule has 1 aliphatic rings. The van der Waals surface area contributed by atoms with E-state index in [0.717, 1.165) is 25.6 Å². The summed E-state index contributed by atoms with van der Waals surface area (Å²) in [6.45, 7) is 12.1. The number of likely N-dealkylation sites (tertiary alicyclic amines) is 1. The first-order valence-electron chi connectivity index (χ1n) is 6.30. The summed E-state index contributed by atoms with van der Waals surface area (Å²) in [5.41, 5.74) is 0.445. The lowest BCUT2D eigenvalue weighted by atomic mass is 9.77. The lowest BCUT2D eigenvalue weighted by Crippen LogP contribution is -2.32. The van der Waals surface area contributed by atoms with E-state index in [1.165, 1.54) is 19.3 Å². The average Bonchev–Trinajstić information content (AvgIpc) is 2.27. The van der Waals surface area contributed by atoms with Crippen LogP contribution in [0.25, 0.3) is 0 Å². The molecular formula is C13H27NO. The Hall–Kier alpha value is -0.0800. The van der Waals surface area contributed by atoms with Crippen LogP contribution in [0.15, 0.2) is 0 Å². The van der Waals surface area contributed by atoms with Crippen molar-refractivity contribution in [2.75, 3.05) is 19.6 Å². The molecule has 1 N–H and O–H groups in total. The van der Waals surface area contributed by atoms with Crippen LogP contribution >= 0.6 is 0 Å². The van der Waals surface area contributed by atoms with Gasteiger partial charge in [0.1, 0.15) is 0 Å². The van der Waals surface area contributed by atoms with E-state index in [0.29, 0.717) is 5.41 Å². The van der Waals surface area contributed by atoms with Crippen LogP contribution in [0.3, 0.4) is 0 Å². The zero-order valence-electron chi connectivity index (χ0n) is 10.8. The first-order valence-corrected chi connectivity index (χ1v) is 6.30. The van der Waals surface area contributed by atoms with Gasteiger partial charge in [-0.1, -0.05) is 20.8 Å². The lowest BCUT2D eigenvalue weighted by molar-refractivity contribution is 0.125. The highest BCUT2D eigenvalue weighted by atomic mass is 16.3. The van der Waals surface area contributed by atoms with Crippen molar-refractivity contribution in [3.05, 3.63) is 0 Å². The Morgan fingerprint density at radius 3 is 2.47 bits per heavy atom. The van der Waals surface area contributed by atoms with Crippen LogP contribution in [-0.2, 0) is 0 Å². The minimum atomic E-state index is -0.184. The van der Waals surface area contributed by atoms with Crippen molar-refractivity contribution in [2.24, 2.45) is 11.3 Å². The SMILES string of the molecule is CC(O)CN1CCCC(C(C)(C)C)CC1. The summed E-state index contributed by atoms with van der Waals surface area (Å²) in [5.74, 6) is 0.844. The fourth-order valence-electron chi connectivity index (χ4n) is 2.58. The van der Waals surface area contributed by atoms with Gasteiger partial charge in [-0.15, -0.1) is 0 Å². The monoisotopic (exact) mass is 213 g/mol. The second kappa shape index (κ2) is 5.31. The largest absolute Gasteiger partial charge is 0.392 e. The molecule has 0 aromatic rings. The maximum absolute atomic E-state index is 9.38. The fourth-order valence-corrected chi connectivity index (χ4v) is 2.58. The molecule has 2 unspecified atom stereocenters. The van der Waals surface area contributed by atoms with E-state index >= 15 is 0 Å². The molecule has 1 heterocycles. The van der Waals surface area contributed by atoms with Crippen LogP contribution in [0.4, 0.5) is 0 Å². The van der Waals surface area contributed by atoms with Crippen molar-refractivity contribution in [1.29, 1.82) is 0 Å². The van der Waals surface area contributed by atoms with Crippen molar-refractivity contribution in [3.63, 3.8) is 0 Å². The molecule has 1 fully saturated rings. The lowest BCUT2D eigenvalue weighted by Gasteiger charge is -2.30. The van der Waals surface area contributed by atoms with Crippen molar-refractivity contribution < 1.29 is 5.11 Å². The summed E-state index contributed by atoms with van der Waals surface area (Å²) in [6, 6.07) is 0. The van der Waals surface area contributed by atoms with Gasteiger partial charge in [0.05, 0.1) is 6.10 Å². The molecule has 1 aliphatic heterocycles. The van der Waals surface area contributed by atoms with Gasteiger partial charge in [0, 0.05) is 6.54 Å². The first-order chi connectivity index (χ1) is 6.89. The van der Waals surface area contributed by atoms with E-state index in [-0.39, 0.29) is 6.10 Å². The summed E-state index contributed by atoms with van der Waals surface area (Å²) in [6.07, 6.45) is 3.74. The topological polar surface area (TPSA) is 23.5 Å². The third-order valence-corrected chi connectivity index (χ3v) is 3.57. The molecule has 15 heavy (non-hydrogen) atoms. The van der Waals surface area contributed by atoms with Gasteiger partial charge in [-0.3, -0.25) is 0 Å². The molecule has 1 saturated heterocycles. The molecule has 2 nitrogen and oxygen atoms in total. The molecule has 2 heteroatoms. The molecule has 1 rings (SSSR count). The van der Waals surface area contributed by atoms with Gasteiger partial charge in [0.25, 0.3) is 0 Å². The third-order valence-electron chi connectivity index (χ3n) is 3.57. The van der Waals surface area contributed by atoms with Crippen molar-refractivity contribution >= 4 is 0 Å². The van der Waals surface area contributed by atoms with Crippen molar-refractivity contribution in [1.82, 2.24) is 4.90 Å². The van der Waals surface area contributed by atoms with Crippen molar-refractivity contribution in [2.45, 2.75) is 53.1 Å². The molecule has 90 valence electrons. The first kappa shape index (κ1) is 13.0. The Morgan fingerprint density at radius 2 is 1.93 bits per heavy atom. The fraction of sp³-hybridized carbons (Fsp3) is 1.00. The van der Waals surface area contributed by atoms with Gasteiger partial charge in [-0.2, -0.15) is 0 Å². The van der Waals surface area contributed by atoms with E-state index in [4.69, 9.17) is 0 Å². The molecule has 0 radical (unpaired) electrons. The van der Waals surface area contributed by atoms with E-state index in [1.807, 2.05) is 6.92 Å². The normalized spacial score (nSPS) is 27.4. The Morgan fingerprint density at radius 1 is 1.27 bits per heavy atom. The summed E-state index contributed by atoms with van der Waals surface area (Å²) in [5, 5.41) is 9.38. The molecule has 0 amide bonds. The van der Waals surface area contributed by atoms with Gasteiger partial charge in [0.15, 0.2) is 0 Å². The van der Waals surface area contributed by atoms with Gasteiger partial charge in [-0.05, 0) is 50.6 Å². The van der Waals surface area contributed by atoms with Crippen LogP contribution in [0.2, 0.25) is 0 Å². The summed E-state index contributed by atoms with van der Waals surface area (Å²) in [4.78, 5) is 2.41. The highest BCUT2D eigenvalue weighted by Gasteiger charge is 2.27. The Labute approximate surface area is 94.7 Å². The number of hydrogen-bond donors (Lipinski definition) is 1. The van der Waals surface area contributed by atoms with Gasteiger partial charge < -0.3 is 10.0 Å². The van der Waals surface area contributed by atoms with Crippen LogP contribution in [0.1, 0.15) is 47.0 Å². The second-order valence-electron chi connectivity index (χ2n) is 6.14. The molecule has 0 aromatic heterocycles. The molecule has 0 aromatic carbocycles. The maximum atomic E-state index is 9.38. The minimum absolute atomic E-state index is 0.184. The minimum Gasteiger partial charge on any atom is -0.392 e. The quantitative estimate of drug-likeness (QED) is 0.762. The zero-order valence-corrected chi connectivity index (χ0v) is 10.8.